The molecule has 0 aromatic carbocycles. The highest BCUT2D eigenvalue weighted by atomic mass is 15.0. The molecule has 0 bridgehead atoms. The van der Waals surface area contributed by atoms with Gasteiger partial charge >= 0.3 is 0 Å². The van der Waals surface area contributed by atoms with E-state index < -0.39 is 0 Å². The third kappa shape index (κ3) is 1.72. The van der Waals surface area contributed by atoms with E-state index >= 15 is 0 Å². The Morgan fingerprint density at radius 3 is 2.53 bits per heavy atom. The first-order chi connectivity index (χ1) is 6.98. The molecule has 5 heteroatoms. The normalized spacial score (nSPS) is 11.9. The number of rotatable bonds is 0. The van der Waals surface area contributed by atoms with Gasteiger partial charge in [0.25, 0.3) is 0 Å². The molecular formula is C10H13N5. The first kappa shape index (κ1) is 9.76. The van der Waals surface area contributed by atoms with Gasteiger partial charge < -0.3 is 5.73 Å². The van der Waals surface area contributed by atoms with Crippen molar-refractivity contribution in [3.8, 4) is 0 Å². The topological polar surface area (TPSA) is 77.6 Å². The van der Waals surface area contributed by atoms with Gasteiger partial charge in [-0.2, -0.15) is 0 Å². The van der Waals surface area contributed by atoms with Crippen LogP contribution in [0.5, 0.6) is 0 Å². The number of anilines is 1. The highest BCUT2D eigenvalue weighted by Crippen LogP contribution is 2.21. The summed E-state index contributed by atoms with van der Waals surface area (Å²) in [5.74, 6) is 0.368. The van der Waals surface area contributed by atoms with Crippen molar-refractivity contribution in [3.63, 3.8) is 0 Å². The van der Waals surface area contributed by atoms with E-state index in [2.05, 4.69) is 40.7 Å². The number of hydrogen-bond donors (Lipinski definition) is 1. The van der Waals surface area contributed by atoms with Crippen LogP contribution in [0.15, 0.2) is 12.5 Å². The van der Waals surface area contributed by atoms with Gasteiger partial charge in [-0.15, -0.1) is 0 Å². The van der Waals surface area contributed by atoms with Crippen LogP contribution in [0.2, 0.25) is 0 Å². The Balaban J connectivity index is 2.68. The fourth-order valence-electron chi connectivity index (χ4n) is 1.22. The highest BCUT2D eigenvalue weighted by Gasteiger charge is 2.17. The van der Waals surface area contributed by atoms with Crippen LogP contribution >= 0.6 is 0 Å². The Labute approximate surface area is 87.8 Å². The molecule has 0 atom stereocenters. The summed E-state index contributed by atoms with van der Waals surface area (Å²) in [6.45, 7) is 6.23. The van der Waals surface area contributed by atoms with Crippen molar-refractivity contribution in [1.82, 2.24) is 19.9 Å². The van der Waals surface area contributed by atoms with E-state index in [1.165, 1.54) is 6.33 Å². The van der Waals surface area contributed by atoms with Gasteiger partial charge in [-0.3, -0.25) is 0 Å². The fraction of sp³-hybridized carbons (Fsp3) is 0.400. The van der Waals surface area contributed by atoms with Gasteiger partial charge in [0.15, 0.2) is 11.5 Å². The van der Waals surface area contributed by atoms with Gasteiger partial charge in [0.2, 0.25) is 0 Å². The molecule has 78 valence electrons. The van der Waals surface area contributed by atoms with E-state index in [-0.39, 0.29) is 5.41 Å². The van der Waals surface area contributed by atoms with Crippen LogP contribution in [0.4, 0.5) is 5.82 Å². The highest BCUT2D eigenvalue weighted by molar-refractivity contribution is 5.80. The van der Waals surface area contributed by atoms with Crippen molar-refractivity contribution in [3.05, 3.63) is 18.2 Å². The maximum atomic E-state index is 5.66. The molecule has 0 fully saturated rings. The van der Waals surface area contributed by atoms with Gasteiger partial charge in [0.05, 0.1) is 5.69 Å². The predicted molar refractivity (Wildman–Crippen MR) is 58.2 cm³/mol. The number of nitrogens with zero attached hydrogens (tertiary/aromatic N) is 4. The van der Waals surface area contributed by atoms with Crippen molar-refractivity contribution in [2.24, 2.45) is 0 Å². The molecule has 2 heterocycles. The maximum Gasteiger partial charge on any atom is 0.183 e. The lowest BCUT2D eigenvalue weighted by Gasteiger charge is -2.16. The van der Waals surface area contributed by atoms with E-state index in [0.29, 0.717) is 17.0 Å². The molecule has 0 unspecified atom stereocenters. The zero-order valence-corrected chi connectivity index (χ0v) is 9.02. The summed E-state index contributed by atoms with van der Waals surface area (Å²) in [4.78, 5) is 16.6. The van der Waals surface area contributed by atoms with Gasteiger partial charge in [-0.05, 0) is 0 Å². The molecule has 0 aliphatic rings. The van der Waals surface area contributed by atoms with Gasteiger partial charge in [-0.1, -0.05) is 20.8 Å². The predicted octanol–water partition coefficient (Wildman–Crippen LogP) is 1.30. The Hall–Kier alpha value is -1.78. The molecule has 0 amide bonds. The van der Waals surface area contributed by atoms with Crippen molar-refractivity contribution < 1.29 is 0 Å². The zero-order valence-electron chi connectivity index (χ0n) is 9.02. The summed E-state index contributed by atoms with van der Waals surface area (Å²) < 4.78 is 0. The van der Waals surface area contributed by atoms with Crippen LogP contribution in [0.25, 0.3) is 11.2 Å². The molecule has 0 saturated carbocycles. The third-order valence-electron chi connectivity index (χ3n) is 2.14. The summed E-state index contributed by atoms with van der Waals surface area (Å²) in [6.07, 6.45) is 3.13. The molecule has 0 saturated heterocycles. The van der Waals surface area contributed by atoms with Crippen molar-refractivity contribution in [2.75, 3.05) is 5.73 Å². The summed E-state index contributed by atoms with van der Waals surface area (Å²) in [6, 6.07) is 0. The Morgan fingerprint density at radius 2 is 1.87 bits per heavy atom. The lowest BCUT2D eigenvalue weighted by Crippen LogP contribution is -2.14. The number of nitrogen functional groups attached to an aromatic ring is 1. The maximum absolute atomic E-state index is 5.66. The molecule has 0 aliphatic heterocycles. The van der Waals surface area contributed by atoms with E-state index in [0.717, 1.165) is 5.69 Å². The van der Waals surface area contributed by atoms with E-state index in [1.807, 2.05) is 0 Å². The van der Waals surface area contributed by atoms with Crippen LogP contribution in [0.3, 0.4) is 0 Å². The lowest BCUT2D eigenvalue weighted by atomic mass is 9.93. The van der Waals surface area contributed by atoms with Crippen LogP contribution in [-0.4, -0.2) is 19.9 Å². The molecule has 15 heavy (non-hydrogen) atoms. The molecule has 5 nitrogen and oxygen atoms in total. The number of fused-ring (bicyclic) bond motifs is 1. The van der Waals surface area contributed by atoms with E-state index in [1.54, 1.807) is 6.20 Å². The Kier molecular flexibility index (Phi) is 2.03. The second kappa shape index (κ2) is 3.12. The Bertz CT molecular complexity index is 501. The fourth-order valence-corrected chi connectivity index (χ4v) is 1.22. The lowest BCUT2D eigenvalue weighted by molar-refractivity contribution is 0.568. The molecule has 2 aromatic heterocycles. The van der Waals surface area contributed by atoms with Gasteiger partial charge in [0.1, 0.15) is 11.8 Å². The monoisotopic (exact) mass is 203 g/mol. The van der Waals surface area contributed by atoms with Crippen LogP contribution in [-0.2, 0) is 5.41 Å². The minimum Gasteiger partial charge on any atom is -0.382 e. The van der Waals surface area contributed by atoms with E-state index in [4.69, 9.17) is 5.73 Å². The molecule has 0 aliphatic carbocycles. The van der Waals surface area contributed by atoms with Crippen LogP contribution < -0.4 is 5.73 Å². The summed E-state index contributed by atoms with van der Waals surface area (Å²) in [5, 5.41) is 0. The SMILES string of the molecule is CC(C)(C)c1cnc2c(N)ncnc2n1. The van der Waals surface area contributed by atoms with Crippen LogP contribution in [0, 0.1) is 0 Å². The van der Waals surface area contributed by atoms with Crippen LogP contribution in [0.1, 0.15) is 26.5 Å². The molecule has 2 rings (SSSR count). The van der Waals surface area contributed by atoms with Crippen molar-refractivity contribution >= 4 is 17.0 Å². The number of nitrogens with two attached hydrogens (primary N) is 1. The minimum atomic E-state index is -0.0408. The molecule has 0 radical (unpaired) electrons. The smallest absolute Gasteiger partial charge is 0.183 e. The summed E-state index contributed by atoms with van der Waals surface area (Å²) in [7, 11) is 0. The standard InChI is InChI=1S/C10H13N5/c1-10(2,3)6-4-12-7-8(11)13-5-14-9(7)15-6/h4-5H,1-3H3,(H2,11,13,14,15). The number of aromatic nitrogens is 4. The second-order valence-electron chi connectivity index (χ2n) is 4.44. The second-order valence-corrected chi connectivity index (χ2v) is 4.44. The third-order valence-corrected chi connectivity index (χ3v) is 2.14. The summed E-state index contributed by atoms with van der Waals surface area (Å²) in [5.41, 5.74) is 7.63. The Morgan fingerprint density at radius 1 is 1.13 bits per heavy atom. The average Bonchev–Trinajstić information content (AvgIpc) is 2.16. The molecule has 2 N–H and O–H groups in total. The quantitative estimate of drug-likeness (QED) is 0.698. The van der Waals surface area contributed by atoms with Crippen molar-refractivity contribution in [2.45, 2.75) is 26.2 Å². The minimum absolute atomic E-state index is 0.0408. The van der Waals surface area contributed by atoms with Gasteiger partial charge in [0, 0.05) is 11.6 Å². The first-order valence-corrected chi connectivity index (χ1v) is 4.72. The largest absolute Gasteiger partial charge is 0.382 e. The molecule has 0 spiro atoms. The average molecular weight is 203 g/mol. The van der Waals surface area contributed by atoms with Crippen molar-refractivity contribution in [1.29, 1.82) is 0 Å². The number of hydrogen-bond acceptors (Lipinski definition) is 5. The van der Waals surface area contributed by atoms with Gasteiger partial charge in [-0.25, -0.2) is 19.9 Å². The van der Waals surface area contributed by atoms with E-state index in [9.17, 15) is 0 Å². The summed E-state index contributed by atoms with van der Waals surface area (Å²) >= 11 is 0. The molecular weight excluding hydrogens is 190 g/mol. The first-order valence-electron chi connectivity index (χ1n) is 4.72. The zero-order chi connectivity index (χ0) is 11.1. The molecule has 2 aromatic rings.